The Morgan fingerprint density at radius 2 is 1.56 bits per heavy atom. The van der Waals surface area contributed by atoms with Crippen molar-refractivity contribution in [3.05, 3.63) is 65.2 Å². The summed E-state index contributed by atoms with van der Waals surface area (Å²) < 4.78 is 0. The SMILES string of the molecule is CN(C)CCN(C)c1ccc(/C=C(\C#N)c2ccc(C#N)cc2)cc1. The Kier molecular flexibility index (Phi) is 6.34. The van der Waals surface area contributed by atoms with E-state index in [1.165, 1.54) is 0 Å². The minimum absolute atomic E-state index is 0.582. The van der Waals surface area contributed by atoms with Crippen molar-refractivity contribution < 1.29 is 0 Å². The zero-order valence-electron chi connectivity index (χ0n) is 14.9. The summed E-state index contributed by atoms with van der Waals surface area (Å²) in [6.45, 7) is 1.95. The number of likely N-dealkylation sites (N-methyl/N-ethyl adjacent to an activating group) is 2. The maximum absolute atomic E-state index is 9.44. The second-order valence-electron chi connectivity index (χ2n) is 6.18. The van der Waals surface area contributed by atoms with Gasteiger partial charge in [-0.3, -0.25) is 0 Å². The van der Waals surface area contributed by atoms with Crippen LogP contribution >= 0.6 is 0 Å². The lowest BCUT2D eigenvalue weighted by molar-refractivity contribution is 0.416. The van der Waals surface area contributed by atoms with Crippen LogP contribution in [0.4, 0.5) is 5.69 Å². The van der Waals surface area contributed by atoms with Gasteiger partial charge in [-0.05, 0) is 55.6 Å². The van der Waals surface area contributed by atoms with Crippen LogP contribution in [-0.2, 0) is 0 Å². The Morgan fingerprint density at radius 1 is 0.920 bits per heavy atom. The third-order valence-corrected chi connectivity index (χ3v) is 3.97. The van der Waals surface area contributed by atoms with Gasteiger partial charge < -0.3 is 9.80 Å². The van der Waals surface area contributed by atoms with Crippen LogP contribution in [0.15, 0.2) is 48.5 Å². The van der Waals surface area contributed by atoms with Crippen LogP contribution < -0.4 is 4.90 Å². The highest BCUT2D eigenvalue weighted by atomic mass is 15.1. The van der Waals surface area contributed by atoms with E-state index >= 15 is 0 Å². The van der Waals surface area contributed by atoms with Crippen molar-refractivity contribution in [1.82, 2.24) is 4.90 Å². The Bertz CT molecular complexity index is 803. The molecule has 0 atom stereocenters. The number of benzene rings is 2. The first-order valence-corrected chi connectivity index (χ1v) is 8.12. The predicted octanol–water partition coefficient (Wildman–Crippen LogP) is 3.62. The van der Waals surface area contributed by atoms with Crippen LogP contribution in [0.5, 0.6) is 0 Å². The second kappa shape index (κ2) is 8.68. The number of rotatable bonds is 6. The van der Waals surface area contributed by atoms with Crippen molar-refractivity contribution >= 4 is 17.3 Å². The maximum atomic E-state index is 9.44. The van der Waals surface area contributed by atoms with E-state index in [4.69, 9.17) is 5.26 Å². The first-order valence-electron chi connectivity index (χ1n) is 8.12. The Balaban J connectivity index is 2.16. The average Bonchev–Trinajstić information content (AvgIpc) is 2.64. The number of anilines is 1. The standard InChI is InChI=1S/C21H22N4/c1-24(2)12-13-25(3)21-10-6-17(7-11-21)14-20(16-23)19-8-4-18(15-22)5-9-19/h4-11,14H,12-13H2,1-3H3/b20-14+. The molecule has 0 saturated carbocycles. The Hall–Kier alpha value is -3.08. The lowest BCUT2D eigenvalue weighted by Crippen LogP contribution is -2.28. The van der Waals surface area contributed by atoms with Gasteiger partial charge in [0.2, 0.25) is 0 Å². The fraction of sp³-hybridized carbons (Fsp3) is 0.238. The topological polar surface area (TPSA) is 54.1 Å². The van der Waals surface area contributed by atoms with Crippen LogP contribution in [0.2, 0.25) is 0 Å². The van der Waals surface area contributed by atoms with E-state index in [1.807, 2.05) is 18.2 Å². The molecule has 0 aliphatic heterocycles. The highest BCUT2D eigenvalue weighted by Gasteiger charge is 2.04. The zero-order chi connectivity index (χ0) is 18.2. The van der Waals surface area contributed by atoms with E-state index in [1.54, 1.807) is 24.3 Å². The Labute approximate surface area is 149 Å². The first kappa shape index (κ1) is 18.3. The normalized spacial score (nSPS) is 11.0. The highest BCUT2D eigenvalue weighted by Crippen LogP contribution is 2.20. The predicted molar refractivity (Wildman–Crippen MR) is 103 cm³/mol. The molecule has 2 aromatic rings. The van der Waals surface area contributed by atoms with E-state index < -0.39 is 0 Å². The maximum Gasteiger partial charge on any atom is 0.0998 e. The number of allylic oxidation sites excluding steroid dienone is 1. The van der Waals surface area contributed by atoms with Crippen molar-refractivity contribution in [2.75, 3.05) is 39.1 Å². The van der Waals surface area contributed by atoms with E-state index in [0.717, 1.165) is 29.9 Å². The summed E-state index contributed by atoms with van der Waals surface area (Å²) in [6, 6.07) is 19.5. The van der Waals surface area contributed by atoms with Gasteiger partial charge >= 0.3 is 0 Å². The van der Waals surface area contributed by atoms with E-state index in [9.17, 15) is 5.26 Å². The molecule has 0 aliphatic rings. The van der Waals surface area contributed by atoms with Gasteiger partial charge in [0.1, 0.15) is 0 Å². The van der Waals surface area contributed by atoms with Crippen LogP contribution in [0, 0.1) is 22.7 Å². The average molecular weight is 330 g/mol. The number of hydrogen-bond donors (Lipinski definition) is 0. The molecule has 4 nitrogen and oxygen atoms in total. The van der Waals surface area contributed by atoms with Gasteiger partial charge in [0.25, 0.3) is 0 Å². The molecular weight excluding hydrogens is 308 g/mol. The fourth-order valence-electron chi connectivity index (χ4n) is 2.38. The van der Waals surface area contributed by atoms with Gasteiger partial charge in [0, 0.05) is 25.8 Å². The van der Waals surface area contributed by atoms with E-state index in [0.29, 0.717) is 11.1 Å². The minimum atomic E-state index is 0.582. The van der Waals surface area contributed by atoms with E-state index in [2.05, 4.69) is 55.2 Å². The number of nitrogens with zero attached hydrogens (tertiary/aromatic N) is 4. The smallest absolute Gasteiger partial charge is 0.0998 e. The molecular formula is C21H22N4. The molecule has 0 spiro atoms. The van der Waals surface area contributed by atoms with Crippen molar-refractivity contribution in [1.29, 1.82) is 10.5 Å². The van der Waals surface area contributed by atoms with Crippen LogP contribution in [0.3, 0.4) is 0 Å². The Morgan fingerprint density at radius 3 is 2.08 bits per heavy atom. The van der Waals surface area contributed by atoms with Gasteiger partial charge in [-0.15, -0.1) is 0 Å². The molecule has 0 bridgehead atoms. The molecule has 0 radical (unpaired) electrons. The molecule has 0 heterocycles. The first-order chi connectivity index (χ1) is 12.0. The molecule has 0 aliphatic carbocycles. The lowest BCUT2D eigenvalue weighted by Gasteiger charge is -2.21. The summed E-state index contributed by atoms with van der Waals surface area (Å²) in [5.74, 6) is 0. The van der Waals surface area contributed by atoms with Crippen molar-refractivity contribution in [2.24, 2.45) is 0 Å². The minimum Gasteiger partial charge on any atom is -0.373 e. The lowest BCUT2D eigenvalue weighted by atomic mass is 10.0. The number of hydrogen-bond acceptors (Lipinski definition) is 4. The molecule has 0 aromatic heterocycles. The van der Waals surface area contributed by atoms with Crippen LogP contribution in [-0.4, -0.2) is 39.1 Å². The van der Waals surface area contributed by atoms with E-state index in [-0.39, 0.29) is 0 Å². The summed E-state index contributed by atoms with van der Waals surface area (Å²) in [7, 11) is 6.20. The zero-order valence-corrected chi connectivity index (χ0v) is 14.9. The van der Waals surface area contributed by atoms with Crippen molar-refractivity contribution in [2.45, 2.75) is 0 Å². The summed E-state index contributed by atoms with van der Waals surface area (Å²) >= 11 is 0. The molecule has 0 unspecified atom stereocenters. The molecule has 0 N–H and O–H groups in total. The van der Waals surface area contributed by atoms with Crippen LogP contribution in [0.1, 0.15) is 16.7 Å². The molecule has 0 saturated heterocycles. The van der Waals surface area contributed by atoms with Gasteiger partial charge in [-0.2, -0.15) is 10.5 Å². The quantitative estimate of drug-likeness (QED) is 0.599. The number of nitriles is 2. The third-order valence-electron chi connectivity index (χ3n) is 3.97. The third kappa shape index (κ3) is 5.21. The molecule has 2 rings (SSSR count). The summed E-state index contributed by atoms with van der Waals surface area (Å²) in [5, 5.41) is 18.3. The summed E-state index contributed by atoms with van der Waals surface area (Å²) in [6.07, 6.45) is 1.87. The fourth-order valence-corrected chi connectivity index (χ4v) is 2.38. The molecule has 4 heteroatoms. The van der Waals surface area contributed by atoms with Gasteiger partial charge in [-0.25, -0.2) is 0 Å². The molecule has 0 amide bonds. The second-order valence-corrected chi connectivity index (χ2v) is 6.18. The molecule has 126 valence electrons. The van der Waals surface area contributed by atoms with Crippen molar-refractivity contribution in [3.8, 4) is 12.1 Å². The highest BCUT2D eigenvalue weighted by molar-refractivity contribution is 5.89. The van der Waals surface area contributed by atoms with Gasteiger partial charge in [-0.1, -0.05) is 24.3 Å². The monoisotopic (exact) mass is 330 g/mol. The van der Waals surface area contributed by atoms with Crippen molar-refractivity contribution in [3.63, 3.8) is 0 Å². The molecule has 0 fully saturated rings. The molecule has 2 aromatic carbocycles. The summed E-state index contributed by atoms with van der Waals surface area (Å²) in [4.78, 5) is 4.36. The molecule has 25 heavy (non-hydrogen) atoms. The van der Waals surface area contributed by atoms with Gasteiger partial charge in [0.15, 0.2) is 0 Å². The summed E-state index contributed by atoms with van der Waals surface area (Å²) in [5.41, 5.74) is 4.11. The largest absolute Gasteiger partial charge is 0.373 e. The van der Waals surface area contributed by atoms with Gasteiger partial charge in [0.05, 0.1) is 23.3 Å². The van der Waals surface area contributed by atoms with Crippen LogP contribution in [0.25, 0.3) is 11.6 Å².